The molecular weight excluding hydrogens is 236 g/mol. The fourth-order valence-electron chi connectivity index (χ4n) is 4.86. The number of carbonyl (C=O) groups is 1. The van der Waals surface area contributed by atoms with Crippen LogP contribution in [0.5, 0.6) is 0 Å². The van der Waals surface area contributed by atoms with Crippen molar-refractivity contribution in [3.63, 3.8) is 0 Å². The molecule has 0 aromatic carbocycles. The highest BCUT2D eigenvalue weighted by Gasteiger charge is 2.58. The van der Waals surface area contributed by atoms with Gasteiger partial charge in [0, 0.05) is 0 Å². The summed E-state index contributed by atoms with van der Waals surface area (Å²) in [5.41, 5.74) is -0.443. The molecule has 3 unspecified atom stereocenters. The van der Waals surface area contributed by atoms with Gasteiger partial charge in [0.05, 0.1) is 5.41 Å². The minimum Gasteiger partial charge on any atom is -0.458 e. The lowest BCUT2D eigenvalue weighted by Crippen LogP contribution is -2.59. The van der Waals surface area contributed by atoms with E-state index in [1.54, 1.807) is 0 Å². The molecular formula is C17H28O2. The molecule has 0 heterocycles. The Hall–Kier alpha value is -0.530. The third kappa shape index (κ3) is 2.02. The van der Waals surface area contributed by atoms with Crippen LogP contribution in [0.2, 0.25) is 0 Å². The van der Waals surface area contributed by atoms with Crippen molar-refractivity contribution in [3.8, 4) is 0 Å². The molecule has 0 radical (unpaired) electrons. The molecule has 19 heavy (non-hydrogen) atoms. The van der Waals surface area contributed by atoms with Crippen LogP contribution in [0.25, 0.3) is 0 Å². The first-order valence-electron chi connectivity index (χ1n) is 8.10. The normalized spacial score (nSPS) is 44.4. The molecule has 0 saturated heterocycles. The molecule has 2 nitrogen and oxygen atoms in total. The second-order valence-corrected chi connectivity index (χ2v) is 8.09. The molecule has 0 aromatic heterocycles. The summed E-state index contributed by atoms with van der Waals surface area (Å²) in [5.74, 6) is 3.06. The van der Waals surface area contributed by atoms with Crippen molar-refractivity contribution >= 4 is 5.97 Å². The highest BCUT2D eigenvalue weighted by atomic mass is 16.6. The van der Waals surface area contributed by atoms with E-state index in [-0.39, 0.29) is 17.0 Å². The molecule has 4 fully saturated rings. The van der Waals surface area contributed by atoms with E-state index in [4.69, 9.17) is 4.74 Å². The summed E-state index contributed by atoms with van der Waals surface area (Å²) in [6.45, 7) is 8.43. The van der Waals surface area contributed by atoms with Crippen molar-refractivity contribution in [2.24, 2.45) is 29.1 Å². The fourth-order valence-corrected chi connectivity index (χ4v) is 4.86. The molecule has 0 N–H and O–H groups in total. The molecule has 0 aliphatic heterocycles. The lowest BCUT2D eigenvalue weighted by Gasteiger charge is -2.59. The average Bonchev–Trinajstić information content (AvgIpc) is 2.34. The summed E-state index contributed by atoms with van der Waals surface area (Å²) >= 11 is 0. The topological polar surface area (TPSA) is 26.3 Å². The standard InChI is InChI=1S/C17H28O2/c1-5-16(3,4)15(18)19-17-9-12-6-13(10-17)8-14(7-12)11(17)2/h11-14H,5-10H2,1-4H3. The van der Waals surface area contributed by atoms with Crippen LogP contribution < -0.4 is 0 Å². The Morgan fingerprint density at radius 3 is 2.32 bits per heavy atom. The third-order valence-corrected chi connectivity index (χ3v) is 6.48. The second-order valence-electron chi connectivity index (χ2n) is 8.09. The minimum atomic E-state index is -0.330. The molecule has 4 rings (SSSR count). The molecule has 4 saturated carbocycles. The molecule has 0 aromatic rings. The monoisotopic (exact) mass is 264 g/mol. The Bertz CT molecular complexity index is 371. The predicted molar refractivity (Wildman–Crippen MR) is 75.6 cm³/mol. The van der Waals surface area contributed by atoms with Gasteiger partial charge in [-0.25, -0.2) is 0 Å². The summed E-state index contributed by atoms with van der Waals surface area (Å²) in [4.78, 5) is 12.5. The zero-order chi connectivity index (χ0) is 13.8. The van der Waals surface area contributed by atoms with E-state index in [0.29, 0.717) is 5.92 Å². The van der Waals surface area contributed by atoms with Gasteiger partial charge in [0.2, 0.25) is 0 Å². The van der Waals surface area contributed by atoms with Crippen molar-refractivity contribution < 1.29 is 9.53 Å². The lowest BCUT2D eigenvalue weighted by atomic mass is 9.50. The summed E-state index contributed by atoms with van der Waals surface area (Å²) in [6, 6.07) is 0. The second kappa shape index (κ2) is 4.23. The molecule has 4 aliphatic carbocycles. The van der Waals surface area contributed by atoms with Crippen LogP contribution in [0, 0.1) is 29.1 Å². The Morgan fingerprint density at radius 2 is 1.79 bits per heavy atom. The van der Waals surface area contributed by atoms with Crippen LogP contribution in [0.15, 0.2) is 0 Å². The van der Waals surface area contributed by atoms with E-state index in [1.807, 2.05) is 13.8 Å². The van der Waals surface area contributed by atoms with Gasteiger partial charge in [-0.2, -0.15) is 0 Å². The zero-order valence-electron chi connectivity index (χ0n) is 12.9. The summed E-state index contributed by atoms with van der Waals surface area (Å²) in [7, 11) is 0. The molecule has 4 aliphatic rings. The Balaban J connectivity index is 1.81. The largest absolute Gasteiger partial charge is 0.458 e. The Labute approximate surface area is 117 Å². The molecule has 0 amide bonds. The highest BCUT2D eigenvalue weighted by Crippen LogP contribution is 2.60. The Morgan fingerprint density at radius 1 is 1.21 bits per heavy atom. The third-order valence-electron chi connectivity index (χ3n) is 6.48. The Kier molecular flexibility index (Phi) is 3.00. The van der Waals surface area contributed by atoms with Gasteiger partial charge >= 0.3 is 5.97 Å². The van der Waals surface area contributed by atoms with Gasteiger partial charge < -0.3 is 4.74 Å². The number of hydrogen-bond acceptors (Lipinski definition) is 2. The first-order valence-corrected chi connectivity index (χ1v) is 8.10. The maximum absolute atomic E-state index is 12.5. The van der Waals surface area contributed by atoms with E-state index in [9.17, 15) is 4.79 Å². The SMILES string of the molecule is CCC(C)(C)C(=O)OC12CC3CC(CC(C3)C1C)C2. The van der Waals surface area contributed by atoms with E-state index in [2.05, 4.69) is 13.8 Å². The zero-order valence-corrected chi connectivity index (χ0v) is 12.9. The fraction of sp³-hybridized carbons (Fsp3) is 0.941. The molecule has 108 valence electrons. The van der Waals surface area contributed by atoms with Gasteiger partial charge in [0.15, 0.2) is 0 Å². The van der Waals surface area contributed by atoms with Crippen molar-refractivity contribution in [2.75, 3.05) is 0 Å². The lowest BCUT2D eigenvalue weighted by molar-refractivity contribution is -0.213. The van der Waals surface area contributed by atoms with Gasteiger partial charge in [-0.3, -0.25) is 4.79 Å². The van der Waals surface area contributed by atoms with Crippen molar-refractivity contribution in [2.45, 2.75) is 71.8 Å². The average molecular weight is 264 g/mol. The van der Waals surface area contributed by atoms with E-state index in [0.717, 1.165) is 37.0 Å². The van der Waals surface area contributed by atoms with Crippen LogP contribution in [0.4, 0.5) is 0 Å². The predicted octanol–water partition coefficient (Wildman–Crippen LogP) is 4.18. The van der Waals surface area contributed by atoms with E-state index in [1.165, 1.54) is 19.3 Å². The van der Waals surface area contributed by atoms with Crippen LogP contribution in [0.1, 0.15) is 66.2 Å². The van der Waals surface area contributed by atoms with Crippen molar-refractivity contribution in [1.29, 1.82) is 0 Å². The van der Waals surface area contributed by atoms with Crippen LogP contribution >= 0.6 is 0 Å². The van der Waals surface area contributed by atoms with Gasteiger partial charge in [-0.1, -0.05) is 13.8 Å². The molecule has 4 bridgehead atoms. The van der Waals surface area contributed by atoms with Crippen molar-refractivity contribution in [1.82, 2.24) is 0 Å². The maximum atomic E-state index is 12.5. The first-order chi connectivity index (χ1) is 8.86. The van der Waals surface area contributed by atoms with Gasteiger partial charge in [0.25, 0.3) is 0 Å². The first kappa shape index (κ1) is 13.5. The van der Waals surface area contributed by atoms with Crippen LogP contribution in [-0.2, 0) is 9.53 Å². The van der Waals surface area contributed by atoms with Gasteiger partial charge in [-0.15, -0.1) is 0 Å². The molecule has 0 spiro atoms. The molecule has 3 atom stereocenters. The summed E-state index contributed by atoms with van der Waals surface area (Å²) in [6.07, 6.45) is 7.27. The van der Waals surface area contributed by atoms with Crippen LogP contribution in [-0.4, -0.2) is 11.6 Å². The van der Waals surface area contributed by atoms with Crippen molar-refractivity contribution in [3.05, 3.63) is 0 Å². The number of esters is 1. The minimum absolute atomic E-state index is 0.0313. The van der Waals surface area contributed by atoms with Gasteiger partial charge in [-0.05, 0) is 76.0 Å². The van der Waals surface area contributed by atoms with E-state index < -0.39 is 0 Å². The van der Waals surface area contributed by atoms with Gasteiger partial charge in [0.1, 0.15) is 5.60 Å². The summed E-state index contributed by atoms with van der Waals surface area (Å²) < 4.78 is 6.18. The summed E-state index contributed by atoms with van der Waals surface area (Å²) in [5, 5.41) is 0. The number of rotatable bonds is 3. The number of ether oxygens (including phenoxy) is 1. The number of hydrogen-bond donors (Lipinski definition) is 0. The number of carbonyl (C=O) groups excluding carboxylic acids is 1. The highest BCUT2D eigenvalue weighted by molar-refractivity contribution is 5.76. The smallest absolute Gasteiger partial charge is 0.312 e. The molecule has 2 heteroatoms. The van der Waals surface area contributed by atoms with E-state index >= 15 is 0 Å². The van der Waals surface area contributed by atoms with Crippen LogP contribution in [0.3, 0.4) is 0 Å². The quantitative estimate of drug-likeness (QED) is 0.715. The maximum Gasteiger partial charge on any atom is 0.312 e.